The van der Waals surface area contributed by atoms with E-state index >= 15 is 0 Å². The van der Waals surface area contributed by atoms with Gasteiger partial charge in [0.15, 0.2) is 0 Å². The molecule has 2 aliphatic rings. The van der Waals surface area contributed by atoms with E-state index in [1.165, 1.54) is 35.1 Å². The number of rotatable bonds is 1. The number of allylic oxidation sites excluding steroid dienone is 4. The number of thiophene rings is 1. The minimum atomic E-state index is 0.641. The van der Waals surface area contributed by atoms with E-state index in [0.717, 1.165) is 0 Å². The van der Waals surface area contributed by atoms with E-state index in [0.29, 0.717) is 5.92 Å². The molecule has 1 atom stereocenters. The first kappa shape index (κ1) is 10.3. The van der Waals surface area contributed by atoms with Crippen LogP contribution in [0.3, 0.4) is 0 Å². The van der Waals surface area contributed by atoms with Crippen LogP contribution in [0.15, 0.2) is 53.9 Å². The van der Waals surface area contributed by atoms with Crippen molar-refractivity contribution in [3.63, 3.8) is 0 Å². The Kier molecular flexibility index (Phi) is 2.27. The Bertz CT molecular complexity index is 643. The molecule has 0 saturated heterocycles. The minimum Gasteiger partial charge on any atom is -0.148 e. The molecule has 0 amide bonds. The maximum absolute atomic E-state index is 2.45. The van der Waals surface area contributed by atoms with Crippen LogP contribution in [0, 0.1) is 5.92 Å². The van der Waals surface area contributed by atoms with Gasteiger partial charge in [-0.15, -0.1) is 11.3 Å². The van der Waals surface area contributed by atoms with E-state index in [-0.39, 0.29) is 0 Å². The fourth-order valence-electron chi connectivity index (χ4n) is 3.03. The molecule has 1 heteroatoms. The summed E-state index contributed by atoms with van der Waals surface area (Å²) in [5, 5.41) is 2.23. The van der Waals surface area contributed by atoms with Gasteiger partial charge < -0.3 is 0 Å². The Labute approximate surface area is 111 Å². The maximum atomic E-state index is 2.45. The Morgan fingerprint density at radius 3 is 2.83 bits per heavy atom. The highest BCUT2D eigenvalue weighted by Gasteiger charge is 2.27. The molecule has 0 fully saturated rings. The van der Waals surface area contributed by atoms with Gasteiger partial charge in [-0.25, -0.2) is 0 Å². The van der Waals surface area contributed by atoms with Crippen LogP contribution in [0.1, 0.15) is 22.4 Å². The molecule has 0 aliphatic heterocycles. The third-order valence-corrected chi connectivity index (χ3v) is 4.92. The zero-order valence-corrected chi connectivity index (χ0v) is 10.9. The van der Waals surface area contributed by atoms with Crippen molar-refractivity contribution in [1.29, 1.82) is 0 Å². The Balaban J connectivity index is 1.79. The monoisotopic (exact) mass is 250 g/mol. The first-order valence-corrected chi connectivity index (χ1v) is 7.35. The lowest BCUT2D eigenvalue weighted by Crippen LogP contribution is -2.06. The Morgan fingerprint density at radius 1 is 1.06 bits per heavy atom. The largest absolute Gasteiger partial charge is 0.148 e. The van der Waals surface area contributed by atoms with Crippen LogP contribution >= 0.6 is 11.3 Å². The molecule has 4 rings (SSSR count). The van der Waals surface area contributed by atoms with Gasteiger partial charge in [-0.05, 0) is 46.6 Å². The summed E-state index contributed by atoms with van der Waals surface area (Å²) in [5.41, 5.74) is 5.78. The zero-order chi connectivity index (χ0) is 11.9. The average Bonchev–Trinajstić information content (AvgIpc) is 3.05. The number of aryl methyl sites for hydroxylation is 1. The van der Waals surface area contributed by atoms with E-state index in [4.69, 9.17) is 0 Å². The van der Waals surface area contributed by atoms with Crippen molar-refractivity contribution in [2.45, 2.75) is 12.8 Å². The first-order chi connectivity index (χ1) is 8.92. The van der Waals surface area contributed by atoms with Crippen LogP contribution in [0.4, 0.5) is 0 Å². The number of fused-ring (bicyclic) bond motifs is 3. The summed E-state index contributed by atoms with van der Waals surface area (Å²) >= 11 is 1.91. The van der Waals surface area contributed by atoms with Crippen molar-refractivity contribution in [2.24, 2.45) is 5.92 Å². The lowest BCUT2D eigenvalue weighted by atomic mass is 9.86. The lowest BCUT2D eigenvalue weighted by molar-refractivity contribution is 0.715. The Hall–Kier alpha value is -1.60. The van der Waals surface area contributed by atoms with Gasteiger partial charge in [-0.2, -0.15) is 0 Å². The topological polar surface area (TPSA) is 0 Å². The predicted molar refractivity (Wildman–Crippen MR) is 78.5 cm³/mol. The molecular weight excluding hydrogens is 236 g/mol. The van der Waals surface area contributed by atoms with E-state index in [1.807, 2.05) is 11.3 Å². The van der Waals surface area contributed by atoms with Crippen LogP contribution in [0.25, 0.3) is 11.1 Å². The van der Waals surface area contributed by atoms with Crippen LogP contribution in [-0.2, 0) is 6.42 Å². The van der Waals surface area contributed by atoms with Crippen molar-refractivity contribution in [3.8, 4) is 0 Å². The summed E-state index contributed by atoms with van der Waals surface area (Å²) < 4.78 is 0. The second-order valence-electron chi connectivity index (χ2n) is 4.99. The molecule has 1 aromatic carbocycles. The van der Waals surface area contributed by atoms with Gasteiger partial charge in [-0.3, -0.25) is 0 Å². The number of hydrogen-bond donors (Lipinski definition) is 0. The average molecular weight is 250 g/mol. The summed E-state index contributed by atoms with van der Waals surface area (Å²) in [6.07, 6.45) is 7.36. The van der Waals surface area contributed by atoms with Crippen molar-refractivity contribution in [3.05, 3.63) is 69.9 Å². The highest BCUT2D eigenvalue weighted by Crippen LogP contribution is 2.44. The predicted octanol–water partition coefficient (Wildman–Crippen LogP) is 4.79. The third-order valence-electron chi connectivity index (χ3n) is 3.94. The molecule has 0 radical (unpaired) electrons. The highest BCUT2D eigenvalue weighted by atomic mass is 32.1. The van der Waals surface area contributed by atoms with Crippen LogP contribution in [0.5, 0.6) is 0 Å². The SMILES string of the molecule is C1=C(c2ccccc2)C=C2c3ccsc3CCC12. The van der Waals surface area contributed by atoms with Gasteiger partial charge in [0.2, 0.25) is 0 Å². The van der Waals surface area contributed by atoms with Gasteiger partial charge in [0, 0.05) is 10.8 Å². The van der Waals surface area contributed by atoms with E-state index in [9.17, 15) is 0 Å². The van der Waals surface area contributed by atoms with Crippen molar-refractivity contribution < 1.29 is 0 Å². The third kappa shape index (κ3) is 1.51. The van der Waals surface area contributed by atoms with Gasteiger partial charge >= 0.3 is 0 Å². The normalized spacial score (nSPS) is 21.0. The zero-order valence-electron chi connectivity index (χ0n) is 10.1. The molecule has 1 aromatic heterocycles. The summed E-state index contributed by atoms with van der Waals surface area (Å²) in [6, 6.07) is 13.0. The maximum Gasteiger partial charge on any atom is 0.0121 e. The lowest BCUT2D eigenvalue weighted by Gasteiger charge is -2.19. The van der Waals surface area contributed by atoms with Crippen LogP contribution in [-0.4, -0.2) is 0 Å². The van der Waals surface area contributed by atoms with Crippen molar-refractivity contribution in [2.75, 3.05) is 0 Å². The fraction of sp³-hybridized carbons (Fsp3) is 0.176. The molecule has 1 heterocycles. The van der Waals surface area contributed by atoms with E-state index in [2.05, 4.69) is 53.9 Å². The molecule has 2 aliphatic carbocycles. The molecule has 1 unspecified atom stereocenters. The standard InChI is InChI=1S/C17H14S/c1-2-4-12(5-3-1)14-10-13-6-7-17-15(8-9-18-17)16(13)11-14/h1-5,8-11,13H,6-7H2. The molecule has 0 nitrogen and oxygen atoms in total. The van der Waals surface area contributed by atoms with Gasteiger partial charge in [-0.1, -0.05) is 42.5 Å². The molecule has 0 N–H and O–H groups in total. The quantitative estimate of drug-likeness (QED) is 0.682. The minimum absolute atomic E-state index is 0.641. The molecule has 0 bridgehead atoms. The van der Waals surface area contributed by atoms with E-state index in [1.54, 1.807) is 4.88 Å². The van der Waals surface area contributed by atoms with Gasteiger partial charge in [0.1, 0.15) is 0 Å². The summed E-state index contributed by atoms with van der Waals surface area (Å²) in [4.78, 5) is 1.57. The molecule has 0 saturated carbocycles. The molecule has 88 valence electrons. The Morgan fingerprint density at radius 2 is 1.94 bits per heavy atom. The van der Waals surface area contributed by atoms with Gasteiger partial charge in [0.25, 0.3) is 0 Å². The smallest absolute Gasteiger partial charge is 0.0121 e. The first-order valence-electron chi connectivity index (χ1n) is 6.47. The van der Waals surface area contributed by atoms with Crippen LogP contribution < -0.4 is 0 Å². The number of hydrogen-bond acceptors (Lipinski definition) is 1. The highest BCUT2D eigenvalue weighted by molar-refractivity contribution is 7.10. The summed E-state index contributed by atoms with van der Waals surface area (Å²) in [7, 11) is 0. The molecule has 0 spiro atoms. The van der Waals surface area contributed by atoms with E-state index < -0.39 is 0 Å². The molecule has 18 heavy (non-hydrogen) atoms. The summed E-state index contributed by atoms with van der Waals surface area (Å²) in [5.74, 6) is 0.641. The number of benzene rings is 1. The fourth-order valence-corrected chi connectivity index (χ4v) is 3.95. The molecule has 2 aromatic rings. The summed E-state index contributed by atoms with van der Waals surface area (Å²) in [6.45, 7) is 0. The second kappa shape index (κ2) is 3.96. The second-order valence-corrected chi connectivity index (χ2v) is 5.99. The van der Waals surface area contributed by atoms with Crippen molar-refractivity contribution in [1.82, 2.24) is 0 Å². The van der Waals surface area contributed by atoms with Crippen molar-refractivity contribution >= 4 is 22.5 Å². The molecular formula is C17H14S. The van der Waals surface area contributed by atoms with Gasteiger partial charge in [0.05, 0.1) is 0 Å². The van der Waals surface area contributed by atoms with Crippen LogP contribution in [0.2, 0.25) is 0 Å².